The van der Waals surface area contributed by atoms with E-state index in [2.05, 4.69) is 62.5 Å². The van der Waals surface area contributed by atoms with Gasteiger partial charge in [0, 0.05) is 80.0 Å². The average molecular weight is 1120 g/mol. The van der Waals surface area contributed by atoms with Crippen LogP contribution in [0.3, 0.4) is 0 Å². The summed E-state index contributed by atoms with van der Waals surface area (Å²) in [6.07, 6.45) is 3.21. The molecule has 26 nitrogen and oxygen atoms in total. The fourth-order valence-corrected chi connectivity index (χ4v) is 9.40. The van der Waals surface area contributed by atoms with Crippen LogP contribution < -0.4 is 71.2 Å². The second kappa shape index (κ2) is 30.0. The normalized spacial score (nSPS) is 20.5. The first-order valence-corrected chi connectivity index (χ1v) is 26.7. The van der Waals surface area contributed by atoms with Crippen molar-refractivity contribution >= 4 is 86.9 Å². The number of para-hydroxylation sites is 2. The highest BCUT2D eigenvalue weighted by Crippen LogP contribution is 2.22. The number of primary amides is 1. The smallest absolute Gasteiger partial charge is 0.243 e. The standard InChI is InChI=1S/C55H73N17O9/c1-31(73)66-40(20-11-23-62-54(57)58)48(76)72-45-28-46(74)61-22-10-9-19-39(47(56)75)67-51(79)43(26-33-29-64-37-17-7-5-15-35(33)37)70-49(77)41(21-12-24-63-55(59)60)68-50(78)42(25-32-13-3-2-4-14-32)69-52(80)44(71-53(45)81)27-34-30-65-38-18-8-6-16-36(34)38/h2-8,13-18,29-30,39-45,64-65H,9-12,19-28H2,1H3,(H2,56,75)(H,61,74)(H,66,73)(H,67,79)(H,68,78)(H,69,80)(H,70,77)(H,71,81)(H,72,76)(H4,57,58,62)(H4,59,60,63)/t39-,40-,41-,42+,43-,44+,45-/m0/s1. The lowest BCUT2D eigenvalue weighted by atomic mass is 10.0. The van der Waals surface area contributed by atoms with Crippen LogP contribution in [0, 0.1) is 0 Å². The van der Waals surface area contributed by atoms with Gasteiger partial charge in [-0.25, -0.2) is 0 Å². The van der Waals surface area contributed by atoms with Gasteiger partial charge in [-0.05, 0) is 73.8 Å². The van der Waals surface area contributed by atoms with Crippen molar-refractivity contribution in [3.63, 3.8) is 0 Å². The van der Waals surface area contributed by atoms with Crippen LogP contribution in [-0.4, -0.2) is 137 Å². The molecule has 432 valence electrons. The molecule has 1 aliphatic rings. The summed E-state index contributed by atoms with van der Waals surface area (Å²) in [5.74, 6) is -7.57. The third kappa shape index (κ3) is 18.8. The van der Waals surface area contributed by atoms with E-state index in [0.717, 1.165) is 16.4 Å². The van der Waals surface area contributed by atoms with Crippen LogP contribution in [0.15, 0.2) is 101 Å². The number of guanidine groups is 2. The number of hydrogen-bond donors (Lipinski definition) is 15. The van der Waals surface area contributed by atoms with Gasteiger partial charge in [0.15, 0.2) is 11.9 Å². The molecule has 1 saturated heterocycles. The van der Waals surface area contributed by atoms with Crippen molar-refractivity contribution in [3.8, 4) is 0 Å². The molecule has 7 atom stereocenters. The number of nitrogens with two attached hydrogens (primary N) is 5. The van der Waals surface area contributed by atoms with Crippen molar-refractivity contribution in [3.05, 3.63) is 108 Å². The molecule has 9 amide bonds. The van der Waals surface area contributed by atoms with Crippen LogP contribution in [0.25, 0.3) is 21.8 Å². The number of carbonyl (C=O) groups is 9. The van der Waals surface area contributed by atoms with Crippen molar-refractivity contribution in [1.29, 1.82) is 0 Å². The van der Waals surface area contributed by atoms with E-state index in [1.54, 1.807) is 48.8 Å². The molecular weight excluding hydrogens is 1040 g/mol. The number of hydrogen-bond acceptors (Lipinski definition) is 11. The number of aliphatic imine (C=N–C) groups is 2. The number of aromatic amines is 2. The summed E-state index contributed by atoms with van der Waals surface area (Å²) in [7, 11) is 0. The van der Waals surface area contributed by atoms with Crippen LogP contribution in [-0.2, 0) is 62.4 Å². The van der Waals surface area contributed by atoms with Gasteiger partial charge in [-0.2, -0.15) is 0 Å². The minimum absolute atomic E-state index is 0.0130. The SMILES string of the molecule is CC(=O)N[C@@H](CCCN=C(N)N)C(=O)N[C@H]1CC(=O)NCCCC[C@@H](C(N)=O)NC(=O)[C@H](Cc2c[nH]c3ccccc23)NC(=O)[C@H](CCCN=C(N)N)NC(=O)[C@@H](Cc2ccccc2)NC(=O)[C@@H](Cc2c[nH]c3ccccc23)NC1=O. The molecule has 6 rings (SSSR count). The average Bonchev–Trinajstić information content (AvgIpc) is 4.26. The Hall–Kier alpha value is -9.49. The van der Waals surface area contributed by atoms with Gasteiger partial charge in [-0.15, -0.1) is 0 Å². The van der Waals surface area contributed by atoms with Gasteiger partial charge in [0.2, 0.25) is 53.2 Å². The molecule has 1 fully saturated rings. The van der Waals surface area contributed by atoms with Crippen molar-refractivity contribution < 1.29 is 43.2 Å². The zero-order chi connectivity index (χ0) is 58.4. The Morgan fingerprint density at radius 3 is 1.68 bits per heavy atom. The van der Waals surface area contributed by atoms with Crippen LogP contribution >= 0.6 is 0 Å². The Balaban J connectivity index is 1.40. The van der Waals surface area contributed by atoms with E-state index >= 15 is 4.79 Å². The van der Waals surface area contributed by atoms with Gasteiger partial charge >= 0.3 is 0 Å². The highest BCUT2D eigenvalue weighted by atomic mass is 16.2. The van der Waals surface area contributed by atoms with Crippen LogP contribution in [0.4, 0.5) is 0 Å². The molecule has 0 aliphatic carbocycles. The minimum Gasteiger partial charge on any atom is -0.370 e. The molecule has 5 aromatic rings. The second-order valence-corrected chi connectivity index (χ2v) is 19.8. The number of nitrogens with one attached hydrogen (secondary N) is 10. The Labute approximate surface area is 467 Å². The monoisotopic (exact) mass is 1120 g/mol. The lowest BCUT2D eigenvalue weighted by molar-refractivity contribution is -0.136. The van der Waals surface area contributed by atoms with Crippen molar-refractivity contribution in [1.82, 2.24) is 52.5 Å². The molecular formula is C55H73N17O9. The van der Waals surface area contributed by atoms with E-state index in [0.29, 0.717) is 22.1 Å². The van der Waals surface area contributed by atoms with Gasteiger partial charge in [0.25, 0.3) is 0 Å². The van der Waals surface area contributed by atoms with Crippen molar-refractivity contribution in [2.75, 3.05) is 19.6 Å². The summed E-state index contributed by atoms with van der Waals surface area (Å²) >= 11 is 0. The molecule has 81 heavy (non-hydrogen) atoms. The van der Waals surface area contributed by atoms with Crippen molar-refractivity contribution in [2.24, 2.45) is 38.7 Å². The fraction of sp³-hybridized carbons (Fsp3) is 0.400. The second-order valence-electron chi connectivity index (χ2n) is 19.8. The summed E-state index contributed by atoms with van der Waals surface area (Å²) in [6.45, 7) is 1.38. The zero-order valence-electron chi connectivity index (χ0n) is 45.1. The first-order chi connectivity index (χ1) is 38.8. The highest BCUT2D eigenvalue weighted by Gasteiger charge is 2.36. The van der Waals surface area contributed by atoms with Crippen LogP contribution in [0.2, 0.25) is 0 Å². The van der Waals surface area contributed by atoms with Gasteiger partial charge < -0.3 is 81.2 Å². The summed E-state index contributed by atoms with van der Waals surface area (Å²) < 4.78 is 0. The number of benzene rings is 3. The molecule has 26 heteroatoms. The van der Waals surface area contributed by atoms with E-state index < -0.39 is 102 Å². The summed E-state index contributed by atoms with van der Waals surface area (Å²) in [6, 6.07) is 13.5. The maximum atomic E-state index is 15.0. The fourth-order valence-electron chi connectivity index (χ4n) is 9.40. The predicted octanol–water partition coefficient (Wildman–Crippen LogP) is -1.63. The highest BCUT2D eigenvalue weighted by molar-refractivity contribution is 5.99. The number of amides is 9. The summed E-state index contributed by atoms with van der Waals surface area (Å²) in [4.78, 5) is 141. The Bertz CT molecular complexity index is 3080. The molecule has 3 aromatic carbocycles. The van der Waals surface area contributed by atoms with Gasteiger partial charge in [-0.3, -0.25) is 53.1 Å². The van der Waals surface area contributed by atoms with E-state index in [1.165, 1.54) is 6.92 Å². The molecule has 0 spiro atoms. The quantitative estimate of drug-likeness (QED) is 0.0267. The number of H-pyrrole nitrogens is 2. The summed E-state index contributed by atoms with van der Waals surface area (Å²) in [5.41, 5.74) is 31.3. The number of fused-ring (bicyclic) bond motifs is 2. The number of nitrogens with zero attached hydrogens (tertiary/aromatic N) is 2. The van der Waals surface area contributed by atoms with E-state index in [1.807, 2.05) is 42.5 Å². The van der Waals surface area contributed by atoms with E-state index in [-0.39, 0.29) is 95.8 Å². The predicted molar refractivity (Wildman–Crippen MR) is 304 cm³/mol. The molecule has 0 radical (unpaired) electrons. The van der Waals surface area contributed by atoms with Gasteiger partial charge in [-0.1, -0.05) is 66.7 Å². The van der Waals surface area contributed by atoms with E-state index in [9.17, 15) is 38.4 Å². The Morgan fingerprint density at radius 2 is 1.11 bits per heavy atom. The lowest BCUT2D eigenvalue weighted by Gasteiger charge is -2.28. The number of rotatable bonds is 18. The van der Waals surface area contributed by atoms with Crippen LogP contribution in [0.1, 0.15) is 75.0 Å². The topological polar surface area (TPSA) is 436 Å². The number of carbonyl (C=O) groups excluding carboxylic acids is 9. The molecule has 0 bridgehead atoms. The molecule has 3 heterocycles. The molecule has 20 N–H and O–H groups in total. The largest absolute Gasteiger partial charge is 0.370 e. The first kappa shape index (κ1) is 60.7. The minimum atomic E-state index is -1.65. The van der Waals surface area contributed by atoms with E-state index in [4.69, 9.17) is 28.7 Å². The van der Waals surface area contributed by atoms with Gasteiger partial charge in [0.1, 0.15) is 42.3 Å². The lowest BCUT2D eigenvalue weighted by Crippen LogP contribution is -2.61. The molecule has 0 saturated carbocycles. The Kier molecular flexibility index (Phi) is 22.5. The summed E-state index contributed by atoms with van der Waals surface area (Å²) in [5, 5.41) is 23.2. The van der Waals surface area contributed by atoms with Crippen molar-refractivity contribution in [2.45, 2.75) is 120 Å². The van der Waals surface area contributed by atoms with Crippen LogP contribution in [0.5, 0.6) is 0 Å². The zero-order valence-corrected chi connectivity index (χ0v) is 45.1. The maximum absolute atomic E-state index is 15.0. The molecule has 2 aromatic heterocycles. The first-order valence-electron chi connectivity index (χ1n) is 26.7. The molecule has 1 aliphatic heterocycles. The number of aromatic nitrogens is 2. The van der Waals surface area contributed by atoms with Gasteiger partial charge in [0.05, 0.1) is 6.42 Å². The Morgan fingerprint density at radius 1 is 0.605 bits per heavy atom. The third-order valence-electron chi connectivity index (χ3n) is 13.5. The maximum Gasteiger partial charge on any atom is 0.243 e. The third-order valence-corrected chi connectivity index (χ3v) is 13.5. The molecule has 0 unspecified atom stereocenters.